The van der Waals surface area contributed by atoms with Gasteiger partial charge in [0.1, 0.15) is 0 Å². The lowest BCUT2D eigenvalue weighted by Gasteiger charge is -2.12. The van der Waals surface area contributed by atoms with E-state index in [1.54, 1.807) is 20.2 Å². The van der Waals surface area contributed by atoms with Crippen LogP contribution in [0.25, 0.3) is 10.8 Å². The second-order valence-electron chi connectivity index (χ2n) is 5.42. The zero-order valence-corrected chi connectivity index (χ0v) is 14.8. The molecule has 0 radical (unpaired) electrons. The van der Waals surface area contributed by atoms with E-state index in [4.69, 9.17) is 0 Å². The third kappa shape index (κ3) is 3.37. The standard InChI is InChI=1S/C20H18N2O2S/c1-21-19(23)14-9-3-4-11-16(14)25-17-12-6-8-13-7-5-10-15(18(13)17)20(24)22-2/h3-12H,1-2H3,(H,21,23)(H,22,24). The minimum Gasteiger partial charge on any atom is -0.355 e. The molecule has 3 rings (SSSR count). The number of benzene rings is 3. The van der Waals surface area contributed by atoms with Gasteiger partial charge in [-0.1, -0.05) is 48.2 Å². The highest BCUT2D eigenvalue weighted by atomic mass is 32.2. The van der Waals surface area contributed by atoms with Gasteiger partial charge in [-0.25, -0.2) is 0 Å². The van der Waals surface area contributed by atoms with Gasteiger partial charge in [-0.2, -0.15) is 0 Å². The second kappa shape index (κ2) is 7.40. The molecule has 25 heavy (non-hydrogen) atoms. The van der Waals surface area contributed by atoms with E-state index in [1.165, 1.54) is 11.8 Å². The fourth-order valence-corrected chi connectivity index (χ4v) is 3.84. The maximum atomic E-state index is 12.3. The number of fused-ring (bicyclic) bond motifs is 1. The van der Waals surface area contributed by atoms with Gasteiger partial charge in [-0.05, 0) is 29.7 Å². The Hall–Kier alpha value is -2.79. The van der Waals surface area contributed by atoms with E-state index in [9.17, 15) is 9.59 Å². The minimum atomic E-state index is -0.130. The number of carbonyl (C=O) groups is 2. The van der Waals surface area contributed by atoms with Gasteiger partial charge in [0, 0.05) is 34.8 Å². The van der Waals surface area contributed by atoms with Crippen LogP contribution in [-0.4, -0.2) is 25.9 Å². The van der Waals surface area contributed by atoms with Crippen molar-refractivity contribution in [1.82, 2.24) is 10.6 Å². The minimum absolute atomic E-state index is 0.127. The maximum absolute atomic E-state index is 12.3. The van der Waals surface area contributed by atoms with Gasteiger partial charge in [0.15, 0.2) is 0 Å². The molecule has 0 bridgehead atoms. The monoisotopic (exact) mass is 350 g/mol. The zero-order valence-electron chi connectivity index (χ0n) is 14.0. The first kappa shape index (κ1) is 17.0. The summed E-state index contributed by atoms with van der Waals surface area (Å²) in [5.41, 5.74) is 1.24. The molecule has 0 spiro atoms. The summed E-state index contributed by atoms with van der Waals surface area (Å²) in [5.74, 6) is -0.256. The Morgan fingerprint density at radius 3 is 2.00 bits per heavy atom. The molecule has 0 saturated heterocycles. The first-order chi connectivity index (χ1) is 12.2. The third-order valence-electron chi connectivity index (χ3n) is 3.92. The van der Waals surface area contributed by atoms with Crippen LogP contribution in [0.4, 0.5) is 0 Å². The van der Waals surface area contributed by atoms with Crippen molar-refractivity contribution in [1.29, 1.82) is 0 Å². The van der Waals surface area contributed by atoms with Crippen molar-refractivity contribution < 1.29 is 9.59 Å². The molecule has 2 amide bonds. The van der Waals surface area contributed by atoms with E-state index in [2.05, 4.69) is 10.6 Å². The smallest absolute Gasteiger partial charge is 0.252 e. The first-order valence-corrected chi connectivity index (χ1v) is 8.70. The molecule has 0 aliphatic heterocycles. The molecule has 5 heteroatoms. The fraction of sp³-hybridized carbons (Fsp3) is 0.100. The SMILES string of the molecule is CNC(=O)c1ccccc1Sc1cccc2cccc(C(=O)NC)c12. The molecular weight excluding hydrogens is 332 g/mol. The Balaban J connectivity index is 2.15. The van der Waals surface area contributed by atoms with Crippen molar-refractivity contribution in [3.05, 3.63) is 71.8 Å². The third-order valence-corrected chi connectivity index (χ3v) is 5.05. The lowest BCUT2D eigenvalue weighted by Crippen LogP contribution is -2.18. The summed E-state index contributed by atoms with van der Waals surface area (Å²) in [4.78, 5) is 26.2. The van der Waals surface area contributed by atoms with Crippen LogP contribution < -0.4 is 10.6 Å². The molecule has 0 heterocycles. The number of nitrogens with one attached hydrogen (secondary N) is 2. The van der Waals surface area contributed by atoms with Crippen LogP contribution in [0.3, 0.4) is 0 Å². The molecular formula is C20H18N2O2S. The summed E-state index contributed by atoms with van der Waals surface area (Å²) >= 11 is 1.49. The average Bonchev–Trinajstić information content (AvgIpc) is 2.67. The van der Waals surface area contributed by atoms with Crippen LogP contribution in [0.5, 0.6) is 0 Å². The number of carbonyl (C=O) groups excluding carboxylic acids is 2. The summed E-state index contributed by atoms with van der Waals surface area (Å²) in [6, 6.07) is 19.0. The Morgan fingerprint density at radius 1 is 0.720 bits per heavy atom. The Bertz CT molecular complexity index is 948. The highest BCUT2D eigenvalue weighted by molar-refractivity contribution is 7.99. The van der Waals surface area contributed by atoms with Gasteiger partial charge in [-0.3, -0.25) is 9.59 Å². The van der Waals surface area contributed by atoms with Crippen LogP contribution in [0.15, 0.2) is 70.5 Å². The van der Waals surface area contributed by atoms with Gasteiger partial charge in [0.2, 0.25) is 0 Å². The lowest BCUT2D eigenvalue weighted by molar-refractivity contribution is 0.0954. The first-order valence-electron chi connectivity index (χ1n) is 7.88. The van der Waals surface area contributed by atoms with Crippen molar-refractivity contribution in [3.8, 4) is 0 Å². The quantitative estimate of drug-likeness (QED) is 0.754. The Morgan fingerprint density at radius 2 is 1.28 bits per heavy atom. The van der Waals surface area contributed by atoms with Crippen LogP contribution in [-0.2, 0) is 0 Å². The van der Waals surface area contributed by atoms with E-state index in [0.29, 0.717) is 11.1 Å². The van der Waals surface area contributed by atoms with E-state index < -0.39 is 0 Å². The summed E-state index contributed by atoms with van der Waals surface area (Å²) in [5, 5.41) is 7.24. The fourth-order valence-electron chi connectivity index (χ4n) is 2.71. The highest BCUT2D eigenvalue weighted by Crippen LogP contribution is 2.36. The number of hydrogen-bond acceptors (Lipinski definition) is 3. The van der Waals surface area contributed by atoms with Crippen molar-refractivity contribution in [2.45, 2.75) is 9.79 Å². The highest BCUT2D eigenvalue weighted by Gasteiger charge is 2.15. The van der Waals surface area contributed by atoms with E-state index in [0.717, 1.165) is 20.6 Å². The molecule has 0 atom stereocenters. The maximum Gasteiger partial charge on any atom is 0.252 e. The molecule has 4 nitrogen and oxygen atoms in total. The van der Waals surface area contributed by atoms with Crippen molar-refractivity contribution in [2.75, 3.05) is 14.1 Å². The summed E-state index contributed by atoms with van der Waals surface area (Å²) in [7, 11) is 3.24. The summed E-state index contributed by atoms with van der Waals surface area (Å²) < 4.78 is 0. The number of amides is 2. The molecule has 3 aromatic rings. The van der Waals surface area contributed by atoms with Crippen LogP contribution in [0.2, 0.25) is 0 Å². The van der Waals surface area contributed by atoms with Crippen LogP contribution >= 0.6 is 11.8 Å². The molecule has 0 aliphatic rings. The lowest BCUT2D eigenvalue weighted by atomic mass is 10.0. The van der Waals surface area contributed by atoms with E-state index >= 15 is 0 Å². The largest absolute Gasteiger partial charge is 0.355 e. The van der Waals surface area contributed by atoms with Gasteiger partial charge in [0.05, 0.1) is 5.56 Å². The predicted octanol–water partition coefficient (Wildman–Crippen LogP) is 3.71. The molecule has 0 fully saturated rings. The number of hydrogen-bond donors (Lipinski definition) is 2. The normalized spacial score (nSPS) is 10.5. The Kier molecular flexibility index (Phi) is 5.05. The topological polar surface area (TPSA) is 58.2 Å². The van der Waals surface area contributed by atoms with Crippen molar-refractivity contribution >= 4 is 34.3 Å². The van der Waals surface area contributed by atoms with Crippen LogP contribution in [0, 0.1) is 0 Å². The average molecular weight is 350 g/mol. The molecule has 2 N–H and O–H groups in total. The van der Waals surface area contributed by atoms with E-state index in [-0.39, 0.29) is 11.8 Å². The summed E-state index contributed by atoms with van der Waals surface area (Å²) in [6.45, 7) is 0. The second-order valence-corrected chi connectivity index (χ2v) is 6.50. The molecule has 3 aromatic carbocycles. The molecule has 126 valence electrons. The molecule has 0 unspecified atom stereocenters. The number of rotatable bonds is 4. The van der Waals surface area contributed by atoms with Gasteiger partial charge < -0.3 is 10.6 Å². The van der Waals surface area contributed by atoms with Gasteiger partial charge >= 0.3 is 0 Å². The van der Waals surface area contributed by atoms with E-state index in [1.807, 2.05) is 54.6 Å². The molecule has 0 saturated carbocycles. The van der Waals surface area contributed by atoms with Gasteiger partial charge in [0.25, 0.3) is 11.8 Å². The van der Waals surface area contributed by atoms with Crippen molar-refractivity contribution in [3.63, 3.8) is 0 Å². The molecule has 0 aliphatic carbocycles. The van der Waals surface area contributed by atoms with Gasteiger partial charge in [-0.15, -0.1) is 0 Å². The predicted molar refractivity (Wildman–Crippen MR) is 101 cm³/mol. The van der Waals surface area contributed by atoms with Crippen LogP contribution in [0.1, 0.15) is 20.7 Å². The van der Waals surface area contributed by atoms with Crippen molar-refractivity contribution in [2.24, 2.45) is 0 Å². The Labute approximate surface area is 150 Å². The summed E-state index contributed by atoms with van der Waals surface area (Å²) in [6.07, 6.45) is 0. The zero-order chi connectivity index (χ0) is 17.8. The molecule has 0 aromatic heterocycles.